The van der Waals surface area contributed by atoms with E-state index in [2.05, 4.69) is 4.98 Å². The molecule has 0 spiro atoms. The van der Waals surface area contributed by atoms with Crippen LogP contribution in [0.3, 0.4) is 0 Å². The molecule has 2 rings (SSSR count). The number of benzene rings is 1. The maximum absolute atomic E-state index is 13.4. The normalized spacial score (nSPS) is 10.6. The second-order valence-corrected chi connectivity index (χ2v) is 3.88. The van der Waals surface area contributed by atoms with Gasteiger partial charge in [0.05, 0.1) is 5.69 Å². The summed E-state index contributed by atoms with van der Waals surface area (Å²) in [6.07, 6.45) is 0. The quantitative estimate of drug-likeness (QED) is 0.664. The third kappa shape index (κ3) is 2.60. The van der Waals surface area contributed by atoms with Crippen molar-refractivity contribution in [2.75, 3.05) is 5.32 Å². The lowest BCUT2D eigenvalue weighted by atomic mass is 10.2. The smallest absolute Gasteiger partial charge is 0.253 e. The highest BCUT2D eigenvalue weighted by molar-refractivity contribution is 6.30. The van der Waals surface area contributed by atoms with Gasteiger partial charge in [0.2, 0.25) is 11.6 Å². The Labute approximate surface area is 108 Å². The number of aromatic nitrogens is 1. The summed E-state index contributed by atoms with van der Waals surface area (Å²) in [6.45, 7) is 0. The number of anilines is 2. The summed E-state index contributed by atoms with van der Waals surface area (Å²) in [7, 11) is 0. The van der Waals surface area contributed by atoms with Crippen molar-refractivity contribution in [3.05, 3.63) is 52.6 Å². The van der Waals surface area contributed by atoms with Crippen LogP contribution in [0, 0.1) is 29.3 Å². The van der Waals surface area contributed by atoms with Gasteiger partial charge in [0.1, 0.15) is 11.5 Å². The zero-order chi connectivity index (χ0) is 14.2. The van der Waals surface area contributed by atoms with E-state index in [4.69, 9.17) is 11.6 Å². The van der Waals surface area contributed by atoms with Gasteiger partial charge < -0.3 is 5.32 Å². The Hall–Kier alpha value is -1.89. The van der Waals surface area contributed by atoms with Gasteiger partial charge in [0.15, 0.2) is 0 Å². The number of halogens is 6. The summed E-state index contributed by atoms with van der Waals surface area (Å²) in [5.74, 6) is -8.13. The highest BCUT2D eigenvalue weighted by Crippen LogP contribution is 2.28. The van der Waals surface area contributed by atoms with Crippen molar-refractivity contribution in [1.82, 2.24) is 4.98 Å². The van der Waals surface area contributed by atoms with Gasteiger partial charge in [0, 0.05) is 5.02 Å². The minimum Gasteiger partial charge on any atom is -0.348 e. The third-order valence-electron chi connectivity index (χ3n) is 2.19. The average molecular weight is 295 g/mol. The first-order valence-corrected chi connectivity index (χ1v) is 5.20. The Bertz CT molecular complexity index is 621. The Morgan fingerprint density at radius 3 is 2.05 bits per heavy atom. The number of rotatable bonds is 2. The summed E-state index contributed by atoms with van der Waals surface area (Å²) in [5.41, 5.74) is -1.57. The van der Waals surface area contributed by atoms with Gasteiger partial charge in [-0.1, -0.05) is 11.6 Å². The monoisotopic (exact) mass is 294 g/mol. The minimum atomic E-state index is -1.84. The highest BCUT2D eigenvalue weighted by atomic mass is 35.5. The van der Waals surface area contributed by atoms with Crippen LogP contribution in [-0.4, -0.2) is 4.98 Å². The largest absolute Gasteiger partial charge is 0.348 e. The first kappa shape index (κ1) is 13.5. The molecule has 0 atom stereocenters. The van der Waals surface area contributed by atoms with Crippen molar-refractivity contribution in [1.29, 1.82) is 0 Å². The van der Waals surface area contributed by atoms with E-state index in [1.807, 2.05) is 5.32 Å². The summed E-state index contributed by atoms with van der Waals surface area (Å²) >= 11 is 5.49. The number of hydrogen-bond donors (Lipinski definition) is 1. The Morgan fingerprint density at radius 1 is 0.947 bits per heavy atom. The molecule has 0 fully saturated rings. The van der Waals surface area contributed by atoms with Crippen LogP contribution in [0.4, 0.5) is 33.3 Å². The fraction of sp³-hybridized carbons (Fsp3) is 0. The van der Waals surface area contributed by atoms with E-state index in [1.54, 1.807) is 0 Å². The summed E-state index contributed by atoms with van der Waals surface area (Å²) in [5, 5.41) is 1.97. The van der Waals surface area contributed by atoms with Crippen LogP contribution < -0.4 is 5.32 Å². The van der Waals surface area contributed by atoms with Crippen molar-refractivity contribution in [3.8, 4) is 0 Å². The van der Waals surface area contributed by atoms with E-state index in [0.29, 0.717) is 0 Å². The molecule has 100 valence electrons. The molecular weight excluding hydrogens is 291 g/mol. The molecule has 1 N–H and O–H groups in total. The first-order chi connectivity index (χ1) is 8.90. The molecule has 1 aromatic carbocycles. The van der Waals surface area contributed by atoms with Crippen molar-refractivity contribution < 1.29 is 22.0 Å². The third-order valence-corrected chi connectivity index (χ3v) is 2.42. The van der Waals surface area contributed by atoms with Gasteiger partial charge in [-0.2, -0.15) is 22.5 Å². The summed E-state index contributed by atoms with van der Waals surface area (Å²) in [6, 6.07) is 3.16. The zero-order valence-corrected chi connectivity index (χ0v) is 9.70. The van der Waals surface area contributed by atoms with Crippen molar-refractivity contribution >= 4 is 23.0 Å². The second-order valence-electron chi connectivity index (χ2n) is 3.45. The van der Waals surface area contributed by atoms with Crippen LogP contribution in [0.1, 0.15) is 0 Å². The van der Waals surface area contributed by atoms with Crippen LogP contribution in [0.5, 0.6) is 0 Å². The fourth-order valence-electron chi connectivity index (χ4n) is 1.32. The number of pyridine rings is 1. The molecule has 1 heterocycles. The lowest BCUT2D eigenvalue weighted by Gasteiger charge is -2.10. The molecule has 0 bridgehead atoms. The van der Waals surface area contributed by atoms with Crippen LogP contribution in [0.2, 0.25) is 5.02 Å². The SMILES string of the molecule is Fc1cc(Cl)ccc1Nc1c(F)c(F)nc(F)c1F. The van der Waals surface area contributed by atoms with Gasteiger partial charge in [-0.3, -0.25) is 0 Å². The standard InChI is InChI=1S/C11H4ClF5N2/c12-4-1-2-6(5(13)3-4)18-9-7(14)10(16)19-11(17)8(9)15/h1-3H,(H,18,19). The predicted molar refractivity (Wildman–Crippen MR) is 58.8 cm³/mol. The van der Waals surface area contributed by atoms with Crippen molar-refractivity contribution in [2.45, 2.75) is 0 Å². The first-order valence-electron chi connectivity index (χ1n) is 4.82. The van der Waals surface area contributed by atoms with E-state index >= 15 is 0 Å². The number of nitrogens with zero attached hydrogens (tertiary/aromatic N) is 1. The van der Waals surface area contributed by atoms with Gasteiger partial charge in [-0.25, -0.2) is 4.39 Å². The molecule has 0 radical (unpaired) electrons. The van der Waals surface area contributed by atoms with E-state index < -0.39 is 40.7 Å². The van der Waals surface area contributed by atoms with Crippen LogP contribution >= 0.6 is 11.6 Å². The molecule has 1 aromatic heterocycles. The fourth-order valence-corrected chi connectivity index (χ4v) is 1.48. The zero-order valence-electron chi connectivity index (χ0n) is 8.95. The average Bonchev–Trinajstić information content (AvgIpc) is 2.34. The Morgan fingerprint density at radius 2 is 1.53 bits per heavy atom. The number of hydrogen-bond acceptors (Lipinski definition) is 2. The van der Waals surface area contributed by atoms with Gasteiger partial charge in [0.25, 0.3) is 11.9 Å². The van der Waals surface area contributed by atoms with Crippen LogP contribution in [0.15, 0.2) is 18.2 Å². The van der Waals surface area contributed by atoms with E-state index in [1.165, 1.54) is 6.07 Å². The lowest BCUT2D eigenvalue weighted by molar-refractivity contribution is 0.411. The molecule has 2 aromatic rings. The lowest BCUT2D eigenvalue weighted by Crippen LogP contribution is -2.06. The molecule has 0 aliphatic heterocycles. The molecule has 8 heteroatoms. The molecular formula is C11H4ClF5N2. The van der Waals surface area contributed by atoms with Gasteiger partial charge >= 0.3 is 0 Å². The Balaban J connectivity index is 2.49. The predicted octanol–water partition coefficient (Wildman–Crippen LogP) is 4.17. The minimum absolute atomic E-state index is 0.0519. The van der Waals surface area contributed by atoms with Crippen molar-refractivity contribution in [3.63, 3.8) is 0 Å². The van der Waals surface area contributed by atoms with E-state index in [9.17, 15) is 22.0 Å². The van der Waals surface area contributed by atoms with E-state index in [-0.39, 0.29) is 5.02 Å². The maximum atomic E-state index is 13.4. The molecule has 0 amide bonds. The molecule has 0 aliphatic rings. The van der Waals surface area contributed by atoms with E-state index in [0.717, 1.165) is 12.1 Å². The maximum Gasteiger partial charge on any atom is 0.253 e. The second kappa shape index (κ2) is 5.00. The molecule has 19 heavy (non-hydrogen) atoms. The molecule has 0 saturated carbocycles. The van der Waals surface area contributed by atoms with Gasteiger partial charge in [-0.05, 0) is 18.2 Å². The van der Waals surface area contributed by atoms with Gasteiger partial charge in [-0.15, -0.1) is 0 Å². The highest BCUT2D eigenvalue weighted by Gasteiger charge is 2.21. The molecule has 0 aliphatic carbocycles. The Kier molecular flexibility index (Phi) is 3.57. The summed E-state index contributed by atoms with van der Waals surface area (Å²) in [4.78, 5) is 2.37. The topological polar surface area (TPSA) is 24.9 Å². The van der Waals surface area contributed by atoms with Crippen LogP contribution in [0.25, 0.3) is 0 Å². The molecule has 0 saturated heterocycles. The molecule has 2 nitrogen and oxygen atoms in total. The van der Waals surface area contributed by atoms with Crippen molar-refractivity contribution in [2.24, 2.45) is 0 Å². The number of nitrogens with one attached hydrogen (secondary N) is 1. The summed E-state index contributed by atoms with van der Waals surface area (Å²) < 4.78 is 65.7. The van der Waals surface area contributed by atoms with Crippen LogP contribution in [-0.2, 0) is 0 Å². The molecule has 0 unspecified atom stereocenters.